The van der Waals surface area contributed by atoms with Gasteiger partial charge < -0.3 is 5.73 Å². The minimum Gasteiger partial charge on any atom is -0.399 e. The Bertz CT molecular complexity index is 497. The number of aromatic nitrogens is 1. The number of anilines is 1. The van der Waals surface area contributed by atoms with Crippen molar-refractivity contribution in [2.75, 3.05) is 5.73 Å². The minimum atomic E-state index is -0.283. The first-order valence-electron chi connectivity index (χ1n) is 4.96. The van der Waals surface area contributed by atoms with Gasteiger partial charge in [-0.2, -0.15) is 5.26 Å². The predicted octanol–water partition coefficient (Wildman–Crippen LogP) is 2.32. The molecule has 0 saturated heterocycles. The topological polar surface area (TPSA) is 62.7 Å². The van der Waals surface area contributed by atoms with Crippen molar-refractivity contribution in [3.05, 3.63) is 59.9 Å². The Hall–Kier alpha value is -2.34. The molecule has 78 valence electrons. The molecule has 0 aliphatic heterocycles. The Kier molecular flexibility index (Phi) is 2.84. The van der Waals surface area contributed by atoms with Gasteiger partial charge in [0.25, 0.3) is 0 Å². The van der Waals surface area contributed by atoms with E-state index in [1.54, 1.807) is 24.5 Å². The van der Waals surface area contributed by atoms with Crippen molar-refractivity contribution >= 4 is 5.69 Å². The largest absolute Gasteiger partial charge is 0.399 e. The molecule has 1 unspecified atom stereocenters. The summed E-state index contributed by atoms with van der Waals surface area (Å²) in [5.74, 6) is -0.283. The molecule has 3 heteroatoms. The van der Waals surface area contributed by atoms with E-state index in [4.69, 9.17) is 5.73 Å². The number of nitrogens with zero attached hydrogens (tertiary/aromatic N) is 2. The van der Waals surface area contributed by atoms with Crippen LogP contribution in [-0.2, 0) is 0 Å². The molecule has 2 rings (SSSR count). The number of benzene rings is 1. The molecule has 1 atom stereocenters. The fourth-order valence-electron chi connectivity index (χ4n) is 1.58. The lowest BCUT2D eigenvalue weighted by Crippen LogP contribution is -1.98. The Morgan fingerprint density at radius 2 is 1.88 bits per heavy atom. The van der Waals surface area contributed by atoms with E-state index in [9.17, 15) is 5.26 Å². The van der Waals surface area contributed by atoms with Crippen molar-refractivity contribution in [2.45, 2.75) is 5.92 Å². The lowest BCUT2D eigenvalue weighted by Gasteiger charge is -2.09. The zero-order valence-electron chi connectivity index (χ0n) is 8.67. The molecule has 0 aliphatic carbocycles. The van der Waals surface area contributed by atoms with Crippen molar-refractivity contribution in [3.63, 3.8) is 0 Å². The van der Waals surface area contributed by atoms with Crippen LogP contribution in [0.15, 0.2) is 48.8 Å². The molecule has 2 aromatic rings. The van der Waals surface area contributed by atoms with Crippen molar-refractivity contribution in [1.82, 2.24) is 4.98 Å². The number of nitriles is 1. The van der Waals surface area contributed by atoms with E-state index < -0.39 is 0 Å². The summed E-state index contributed by atoms with van der Waals surface area (Å²) in [6.45, 7) is 0. The van der Waals surface area contributed by atoms with Crippen molar-refractivity contribution < 1.29 is 0 Å². The molecule has 0 spiro atoms. The van der Waals surface area contributed by atoms with Crippen LogP contribution in [0, 0.1) is 11.3 Å². The molecular formula is C13H11N3. The summed E-state index contributed by atoms with van der Waals surface area (Å²) in [5, 5.41) is 9.19. The van der Waals surface area contributed by atoms with E-state index >= 15 is 0 Å². The van der Waals surface area contributed by atoms with Crippen LogP contribution in [-0.4, -0.2) is 4.98 Å². The lowest BCUT2D eigenvalue weighted by molar-refractivity contribution is 1.02. The molecule has 0 radical (unpaired) electrons. The minimum absolute atomic E-state index is 0.283. The van der Waals surface area contributed by atoms with Crippen LogP contribution in [0.3, 0.4) is 0 Å². The van der Waals surface area contributed by atoms with Gasteiger partial charge in [0.15, 0.2) is 0 Å². The number of nitrogens with two attached hydrogens (primary N) is 1. The smallest absolute Gasteiger partial charge is 0.0977 e. The first kappa shape index (κ1) is 10.2. The summed E-state index contributed by atoms with van der Waals surface area (Å²) < 4.78 is 0. The molecular weight excluding hydrogens is 198 g/mol. The molecule has 1 aromatic carbocycles. The van der Waals surface area contributed by atoms with Crippen LogP contribution in [0.25, 0.3) is 0 Å². The maximum atomic E-state index is 9.19. The van der Waals surface area contributed by atoms with Gasteiger partial charge in [0.1, 0.15) is 0 Å². The van der Waals surface area contributed by atoms with Crippen LogP contribution < -0.4 is 5.73 Å². The number of pyridine rings is 1. The van der Waals surface area contributed by atoms with Gasteiger partial charge in [0.05, 0.1) is 12.0 Å². The van der Waals surface area contributed by atoms with Crippen LogP contribution in [0.4, 0.5) is 5.69 Å². The molecule has 0 amide bonds. The quantitative estimate of drug-likeness (QED) is 0.772. The van der Waals surface area contributed by atoms with Crippen LogP contribution in [0.2, 0.25) is 0 Å². The Balaban J connectivity index is 2.38. The fraction of sp³-hybridized carbons (Fsp3) is 0.0769. The molecule has 16 heavy (non-hydrogen) atoms. The molecule has 0 aliphatic rings. The zero-order valence-corrected chi connectivity index (χ0v) is 8.67. The standard InChI is InChI=1S/C13H11N3/c14-8-13(11-2-1-7-16-9-11)10-3-5-12(15)6-4-10/h1-7,9,13H,15H2. The highest BCUT2D eigenvalue weighted by Crippen LogP contribution is 2.23. The Morgan fingerprint density at radius 3 is 2.44 bits per heavy atom. The second-order valence-electron chi connectivity index (χ2n) is 3.52. The summed E-state index contributed by atoms with van der Waals surface area (Å²) in [6, 6.07) is 13.3. The highest BCUT2D eigenvalue weighted by atomic mass is 14.6. The van der Waals surface area contributed by atoms with E-state index in [1.807, 2.05) is 24.3 Å². The van der Waals surface area contributed by atoms with Crippen LogP contribution >= 0.6 is 0 Å². The third kappa shape index (κ3) is 2.01. The molecule has 1 aromatic heterocycles. The first-order chi connectivity index (χ1) is 7.81. The third-order valence-corrected chi connectivity index (χ3v) is 2.42. The number of rotatable bonds is 2. The third-order valence-electron chi connectivity index (χ3n) is 2.42. The molecule has 3 nitrogen and oxygen atoms in total. The van der Waals surface area contributed by atoms with E-state index in [1.165, 1.54) is 0 Å². The van der Waals surface area contributed by atoms with E-state index in [-0.39, 0.29) is 5.92 Å². The van der Waals surface area contributed by atoms with Gasteiger partial charge in [-0.05, 0) is 29.3 Å². The maximum Gasteiger partial charge on any atom is 0.0977 e. The summed E-state index contributed by atoms with van der Waals surface area (Å²) >= 11 is 0. The van der Waals surface area contributed by atoms with E-state index in [0.717, 1.165) is 11.1 Å². The fourth-order valence-corrected chi connectivity index (χ4v) is 1.58. The van der Waals surface area contributed by atoms with Gasteiger partial charge in [-0.25, -0.2) is 0 Å². The monoisotopic (exact) mass is 209 g/mol. The van der Waals surface area contributed by atoms with Gasteiger partial charge in [-0.1, -0.05) is 18.2 Å². The van der Waals surface area contributed by atoms with E-state index in [2.05, 4.69) is 11.1 Å². The highest BCUT2D eigenvalue weighted by Gasteiger charge is 2.12. The second-order valence-corrected chi connectivity index (χ2v) is 3.52. The first-order valence-corrected chi connectivity index (χ1v) is 4.96. The molecule has 0 fully saturated rings. The normalized spacial score (nSPS) is 11.7. The Morgan fingerprint density at radius 1 is 1.12 bits per heavy atom. The summed E-state index contributed by atoms with van der Waals surface area (Å²) in [5.41, 5.74) is 8.15. The second kappa shape index (κ2) is 4.45. The average Bonchev–Trinajstić information content (AvgIpc) is 2.34. The summed E-state index contributed by atoms with van der Waals surface area (Å²) in [4.78, 5) is 4.02. The molecule has 0 saturated carbocycles. The van der Waals surface area contributed by atoms with Crippen molar-refractivity contribution in [2.24, 2.45) is 0 Å². The SMILES string of the molecule is N#CC(c1ccc(N)cc1)c1cccnc1. The van der Waals surface area contributed by atoms with Gasteiger partial charge in [0, 0.05) is 18.1 Å². The van der Waals surface area contributed by atoms with Crippen molar-refractivity contribution in [3.8, 4) is 6.07 Å². The average molecular weight is 209 g/mol. The van der Waals surface area contributed by atoms with Gasteiger partial charge in [-0.3, -0.25) is 4.98 Å². The number of hydrogen-bond acceptors (Lipinski definition) is 3. The van der Waals surface area contributed by atoms with E-state index in [0.29, 0.717) is 5.69 Å². The van der Waals surface area contributed by atoms with Crippen molar-refractivity contribution in [1.29, 1.82) is 5.26 Å². The highest BCUT2D eigenvalue weighted by molar-refractivity contribution is 5.44. The lowest BCUT2D eigenvalue weighted by atomic mass is 9.94. The van der Waals surface area contributed by atoms with Crippen LogP contribution in [0.5, 0.6) is 0 Å². The molecule has 1 heterocycles. The Labute approximate surface area is 94.2 Å². The maximum absolute atomic E-state index is 9.19. The molecule has 0 bridgehead atoms. The predicted molar refractivity (Wildman–Crippen MR) is 62.5 cm³/mol. The van der Waals surface area contributed by atoms with Gasteiger partial charge in [-0.15, -0.1) is 0 Å². The summed E-state index contributed by atoms with van der Waals surface area (Å²) in [6.07, 6.45) is 3.41. The summed E-state index contributed by atoms with van der Waals surface area (Å²) in [7, 11) is 0. The van der Waals surface area contributed by atoms with Gasteiger partial charge >= 0.3 is 0 Å². The number of hydrogen-bond donors (Lipinski definition) is 1. The zero-order chi connectivity index (χ0) is 11.4. The molecule has 2 N–H and O–H groups in total. The van der Waals surface area contributed by atoms with Gasteiger partial charge in [0.2, 0.25) is 0 Å². The van der Waals surface area contributed by atoms with Crippen LogP contribution in [0.1, 0.15) is 17.0 Å². The number of nitrogen functional groups attached to an aromatic ring is 1.